The number of ether oxygens (including phenoxy) is 2. The molecule has 3 rings (SSSR count). The van der Waals surface area contributed by atoms with Crippen molar-refractivity contribution in [3.8, 4) is 5.75 Å². The summed E-state index contributed by atoms with van der Waals surface area (Å²) in [5, 5.41) is 0. The number of Topliss-reactive ketones (excluding diaryl/α,β-unsaturated/α-hetero) is 1. The van der Waals surface area contributed by atoms with Crippen LogP contribution in [0.1, 0.15) is 68.8 Å². The Morgan fingerprint density at radius 1 is 1.11 bits per heavy atom. The van der Waals surface area contributed by atoms with Crippen LogP contribution in [0.3, 0.4) is 0 Å². The van der Waals surface area contributed by atoms with Crippen LogP contribution in [0.25, 0.3) is 0 Å². The summed E-state index contributed by atoms with van der Waals surface area (Å²) in [6.45, 7) is 7.63. The predicted molar refractivity (Wildman–Crippen MR) is 104 cm³/mol. The predicted octanol–water partition coefficient (Wildman–Crippen LogP) is 4.75. The van der Waals surface area contributed by atoms with Gasteiger partial charge in [0.05, 0.1) is 7.11 Å². The fourth-order valence-electron chi connectivity index (χ4n) is 4.47. The van der Waals surface area contributed by atoms with E-state index in [0.29, 0.717) is 0 Å². The first-order chi connectivity index (χ1) is 12.7. The molecule has 2 heterocycles. The average molecular weight is 373 g/mol. The van der Waals surface area contributed by atoms with Crippen molar-refractivity contribution in [2.24, 2.45) is 5.92 Å². The van der Waals surface area contributed by atoms with Crippen LogP contribution in [0.5, 0.6) is 5.75 Å². The monoisotopic (exact) mass is 373 g/mol. The van der Waals surface area contributed by atoms with Crippen molar-refractivity contribution in [3.63, 3.8) is 0 Å². The highest BCUT2D eigenvalue weighted by Gasteiger charge is 2.44. The molecule has 0 aromatic heterocycles. The summed E-state index contributed by atoms with van der Waals surface area (Å²) in [5.74, 6) is 0.919. The molecule has 2 atom stereocenters. The molecule has 0 N–H and O–H groups in total. The van der Waals surface area contributed by atoms with E-state index in [9.17, 15) is 9.59 Å². The lowest BCUT2D eigenvalue weighted by molar-refractivity contribution is -0.0260. The lowest BCUT2D eigenvalue weighted by Crippen LogP contribution is -2.56. The fraction of sp³-hybridized carbons (Fsp3) is 0.636. The molecule has 1 aromatic rings. The lowest BCUT2D eigenvalue weighted by atomic mass is 9.75. The molecule has 5 nitrogen and oxygen atoms in total. The van der Waals surface area contributed by atoms with Gasteiger partial charge in [-0.05, 0) is 83.6 Å². The maximum absolute atomic E-state index is 13.2. The van der Waals surface area contributed by atoms with E-state index in [1.54, 1.807) is 7.11 Å². The molecular weight excluding hydrogens is 342 g/mol. The van der Waals surface area contributed by atoms with Gasteiger partial charge in [-0.1, -0.05) is 0 Å². The van der Waals surface area contributed by atoms with E-state index in [4.69, 9.17) is 9.47 Å². The van der Waals surface area contributed by atoms with Crippen LogP contribution >= 0.6 is 0 Å². The molecule has 1 aromatic carbocycles. The maximum atomic E-state index is 13.2. The molecule has 2 saturated heterocycles. The Balaban J connectivity index is 1.76. The van der Waals surface area contributed by atoms with E-state index >= 15 is 0 Å². The Labute approximate surface area is 162 Å². The van der Waals surface area contributed by atoms with Crippen molar-refractivity contribution < 1.29 is 19.1 Å². The fourth-order valence-corrected chi connectivity index (χ4v) is 4.47. The van der Waals surface area contributed by atoms with Gasteiger partial charge in [0.25, 0.3) is 0 Å². The largest absolute Gasteiger partial charge is 0.497 e. The summed E-state index contributed by atoms with van der Waals surface area (Å²) < 4.78 is 10.9. The summed E-state index contributed by atoms with van der Waals surface area (Å²) in [4.78, 5) is 27.8. The number of ketones is 1. The zero-order valence-corrected chi connectivity index (χ0v) is 17.1. The molecule has 2 unspecified atom stereocenters. The number of amides is 1. The number of hydrogen-bond donors (Lipinski definition) is 0. The number of piperidine rings is 2. The number of benzene rings is 1. The summed E-state index contributed by atoms with van der Waals surface area (Å²) in [6, 6.07) is 5.81. The summed E-state index contributed by atoms with van der Waals surface area (Å²) in [5.41, 5.74) is 1.21. The second-order valence-electron chi connectivity index (χ2n) is 8.84. The van der Waals surface area contributed by atoms with Crippen LogP contribution in [0.4, 0.5) is 4.79 Å². The van der Waals surface area contributed by atoms with Crippen LogP contribution in [-0.4, -0.2) is 41.6 Å². The number of fused-ring (bicyclic) bond motifs is 2. The zero-order valence-electron chi connectivity index (χ0n) is 17.1. The highest BCUT2D eigenvalue weighted by Crippen LogP contribution is 2.39. The molecule has 0 aliphatic carbocycles. The average Bonchev–Trinajstić information content (AvgIpc) is 2.58. The molecule has 0 spiro atoms. The summed E-state index contributed by atoms with van der Waals surface area (Å²) >= 11 is 0. The minimum Gasteiger partial charge on any atom is -0.497 e. The first-order valence-corrected chi connectivity index (χ1v) is 9.90. The first kappa shape index (κ1) is 19.7. The van der Waals surface area contributed by atoms with Crippen molar-refractivity contribution in [2.45, 2.75) is 77.5 Å². The third-order valence-corrected chi connectivity index (χ3v) is 5.65. The number of hydrogen-bond acceptors (Lipinski definition) is 4. The number of nitrogens with zero attached hydrogens (tertiary/aromatic N) is 1. The van der Waals surface area contributed by atoms with Gasteiger partial charge < -0.3 is 14.4 Å². The molecule has 148 valence electrons. The SMILES string of the molecule is COc1ccc(C(=O)C2CC3CCCC(C2)N3C(=O)OC(C)(C)C)c(C)c1. The van der Waals surface area contributed by atoms with Gasteiger partial charge in [0.1, 0.15) is 11.4 Å². The third-order valence-electron chi connectivity index (χ3n) is 5.65. The Hall–Kier alpha value is -2.04. The zero-order chi connectivity index (χ0) is 19.8. The molecule has 2 aliphatic rings. The van der Waals surface area contributed by atoms with E-state index in [0.717, 1.165) is 49.0 Å². The van der Waals surface area contributed by atoms with Gasteiger partial charge in [-0.25, -0.2) is 4.79 Å². The van der Waals surface area contributed by atoms with Gasteiger partial charge >= 0.3 is 6.09 Å². The molecule has 5 heteroatoms. The van der Waals surface area contributed by atoms with Crippen molar-refractivity contribution in [1.82, 2.24) is 4.90 Å². The number of carbonyl (C=O) groups is 2. The highest BCUT2D eigenvalue weighted by atomic mass is 16.6. The normalized spacial score (nSPS) is 25.1. The Morgan fingerprint density at radius 2 is 1.74 bits per heavy atom. The smallest absolute Gasteiger partial charge is 0.410 e. The van der Waals surface area contributed by atoms with Crippen molar-refractivity contribution >= 4 is 11.9 Å². The van der Waals surface area contributed by atoms with Gasteiger partial charge in [-0.2, -0.15) is 0 Å². The van der Waals surface area contributed by atoms with Gasteiger partial charge in [-0.15, -0.1) is 0 Å². The van der Waals surface area contributed by atoms with Gasteiger partial charge in [0, 0.05) is 23.6 Å². The maximum Gasteiger partial charge on any atom is 0.410 e. The number of methoxy groups -OCH3 is 1. The minimum atomic E-state index is -0.502. The minimum absolute atomic E-state index is 0.0360. The highest BCUT2D eigenvalue weighted by molar-refractivity contribution is 5.99. The van der Waals surface area contributed by atoms with E-state index in [1.807, 2.05) is 50.8 Å². The van der Waals surface area contributed by atoms with Crippen LogP contribution in [0.2, 0.25) is 0 Å². The van der Waals surface area contributed by atoms with Gasteiger partial charge in [0.2, 0.25) is 0 Å². The molecule has 2 aliphatic heterocycles. The number of rotatable bonds is 3. The standard InChI is InChI=1S/C22H31NO4/c1-14-11-18(26-5)9-10-19(14)20(24)15-12-16-7-6-8-17(13-15)23(16)21(25)27-22(2,3)4/h9-11,15-17H,6-8,12-13H2,1-5H3. The summed E-state index contributed by atoms with van der Waals surface area (Å²) in [7, 11) is 1.63. The van der Waals surface area contributed by atoms with Crippen molar-refractivity contribution in [2.75, 3.05) is 7.11 Å². The third kappa shape index (κ3) is 4.28. The van der Waals surface area contributed by atoms with Gasteiger partial charge in [-0.3, -0.25) is 4.79 Å². The van der Waals surface area contributed by atoms with E-state index in [-0.39, 0.29) is 29.9 Å². The molecule has 2 fully saturated rings. The molecule has 27 heavy (non-hydrogen) atoms. The molecule has 0 saturated carbocycles. The second-order valence-corrected chi connectivity index (χ2v) is 8.84. The van der Waals surface area contributed by atoms with Crippen LogP contribution < -0.4 is 4.74 Å². The molecular formula is C22H31NO4. The van der Waals surface area contributed by atoms with Gasteiger partial charge in [0.15, 0.2) is 5.78 Å². The molecule has 2 bridgehead atoms. The van der Waals surface area contributed by atoms with Crippen LogP contribution in [0.15, 0.2) is 18.2 Å². The molecule has 1 amide bonds. The van der Waals surface area contributed by atoms with Crippen molar-refractivity contribution in [1.29, 1.82) is 0 Å². The molecule has 0 radical (unpaired) electrons. The summed E-state index contributed by atoms with van der Waals surface area (Å²) in [6.07, 6.45) is 4.21. The van der Waals surface area contributed by atoms with E-state index < -0.39 is 5.60 Å². The lowest BCUT2D eigenvalue weighted by Gasteiger charge is -2.48. The Kier molecular flexibility index (Phi) is 5.50. The first-order valence-electron chi connectivity index (χ1n) is 9.90. The quantitative estimate of drug-likeness (QED) is 0.717. The Morgan fingerprint density at radius 3 is 2.26 bits per heavy atom. The topological polar surface area (TPSA) is 55.8 Å². The number of carbonyl (C=O) groups excluding carboxylic acids is 2. The second kappa shape index (κ2) is 7.53. The van der Waals surface area contributed by atoms with Crippen LogP contribution in [0, 0.1) is 12.8 Å². The van der Waals surface area contributed by atoms with E-state index in [1.165, 1.54) is 0 Å². The number of aryl methyl sites for hydroxylation is 1. The van der Waals surface area contributed by atoms with Crippen molar-refractivity contribution in [3.05, 3.63) is 29.3 Å². The Bertz CT molecular complexity index is 708. The van der Waals surface area contributed by atoms with E-state index in [2.05, 4.69) is 0 Å². The van der Waals surface area contributed by atoms with Crippen LogP contribution in [-0.2, 0) is 4.74 Å².